The van der Waals surface area contributed by atoms with Crippen molar-refractivity contribution < 1.29 is 14.6 Å². The number of ether oxygens (including phenoxy) is 1. The first-order chi connectivity index (χ1) is 10.4. The summed E-state index contributed by atoms with van der Waals surface area (Å²) >= 11 is 3.72. The van der Waals surface area contributed by atoms with Gasteiger partial charge in [0.2, 0.25) is 0 Å². The first kappa shape index (κ1) is 16.0. The van der Waals surface area contributed by atoms with Crippen molar-refractivity contribution in [3.8, 4) is 0 Å². The molecule has 0 saturated heterocycles. The van der Waals surface area contributed by atoms with Crippen LogP contribution in [0.15, 0.2) is 24.3 Å². The van der Waals surface area contributed by atoms with Gasteiger partial charge in [-0.15, -0.1) is 0 Å². The molecule has 22 heavy (non-hydrogen) atoms. The number of methoxy groups -OCH3 is 1. The van der Waals surface area contributed by atoms with Crippen molar-refractivity contribution in [2.75, 3.05) is 7.11 Å². The second kappa shape index (κ2) is 5.34. The fraction of sp³-hybridized carbons (Fsp3) is 0.611. The summed E-state index contributed by atoms with van der Waals surface area (Å²) < 4.78 is 5.12. The highest BCUT2D eigenvalue weighted by molar-refractivity contribution is 9.09. The number of benzene rings is 1. The summed E-state index contributed by atoms with van der Waals surface area (Å²) in [5.74, 6) is -0.162. The van der Waals surface area contributed by atoms with Crippen LogP contribution in [0.3, 0.4) is 0 Å². The first-order valence-corrected chi connectivity index (χ1v) is 8.78. The van der Waals surface area contributed by atoms with Crippen molar-refractivity contribution in [1.29, 1.82) is 0 Å². The molecule has 1 unspecified atom stereocenters. The van der Waals surface area contributed by atoms with Crippen LogP contribution in [0, 0.1) is 11.3 Å². The number of hydrogen-bond acceptors (Lipinski definition) is 3. The number of esters is 1. The standard InChI is InChI=1S/C18H23BrO3/c1-17-9-6-10-18(2,16(21)22-3)15(17)13(19)14(20)11-7-4-5-8-12(11)17/h4-5,7-8,13-15,20H,6,9-10H2,1-3H3/t13-,14?,15-,17+,18-/m1/s1. The van der Waals surface area contributed by atoms with Gasteiger partial charge < -0.3 is 9.84 Å². The molecule has 0 heterocycles. The molecule has 0 bridgehead atoms. The van der Waals surface area contributed by atoms with Crippen LogP contribution in [0.1, 0.15) is 50.3 Å². The lowest BCUT2D eigenvalue weighted by Gasteiger charge is -2.56. The normalized spacial score (nSPS) is 40.5. The van der Waals surface area contributed by atoms with Crippen LogP contribution in [0.4, 0.5) is 0 Å². The van der Waals surface area contributed by atoms with Gasteiger partial charge in [0.15, 0.2) is 0 Å². The van der Waals surface area contributed by atoms with E-state index in [1.54, 1.807) is 0 Å². The average molecular weight is 367 g/mol. The van der Waals surface area contributed by atoms with E-state index >= 15 is 0 Å². The smallest absolute Gasteiger partial charge is 0.311 e. The summed E-state index contributed by atoms with van der Waals surface area (Å²) in [6, 6.07) is 8.09. The van der Waals surface area contributed by atoms with Gasteiger partial charge in [0.1, 0.15) is 0 Å². The largest absolute Gasteiger partial charge is 0.469 e. The molecule has 0 aliphatic heterocycles. The summed E-state index contributed by atoms with van der Waals surface area (Å²) in [6.45, 7) is 4.23. The van der Waals surface area contributed by atoms with Crippen LogP contribution < -0.4 is 0 Å². The zero-order valence-corrected chi connectivity index (χ0v) is 14.9. The number of alkyl halides is 1. The maximum atomic E-state index is 12.5. The first-order valence-electron chi connectivity index (χ1n) is 7.86. The Bertz CT molecular complexity index is 602. The molecule has 0 spiro atoms. The minimum Gasteiger partial charge on any atom is -0.469 e. The molecule has 0 radical (unpaired) electrons. The summed E-state index contributed by atoms with van der Waals surface area (Å²) in [5, 5.41) is 10.8. The topological polar surface area (TPSA) is 46.5 Å². The molecule has 2 aliphatic carbocycles. The molecule has 1 aromatic rings. The SMILES string of the molecule is COC(=O)[C@]1(C)CCC[C@@]2(C)c3ccccc3C(O)[C@@H](Br)[C@@H]12. The highest BCUT2D eigenvalue weighted by Crippen LogP contribution is 2.61. The number of halogens is 1. The Hall–Kier alpha value is -0.870. The van der Waals surface area contributed by atoms with Crippen molar-refractivity contribution in [3.63, 3.8) is 0 Å². The zero-order chi connectivity index (χ0) is 16.1. The molecule has 1 aromatic carbocycles. The average Bonchev–Trinajstić information content (AvgIpc) is 2.52. The van der Waals surface area contributed by atoms with Crippen molar-refractivity contribution in [2.45, 2.75) is 49.5 Å². The lowest BCUT2D eigenvalue weighted by Crippen LogP contribution is -2.57. The fourth-order valence-corrected chi connectivity index (χ4v) is 6.38. The zero-order valence-electron chi connectivity index (χ0n) is 13.3. The number of carbonyl (C=O) groups is 1. The van der Waals surface area contributed by atoms with E-state index in [0.29, 0.717) is 0 Å². The van der Waals surface area contributed by atoms with Gasteiger partial charge in [0.25, 0.3) is 0 Å². The molecule has 120 valence electrons. The van der Waals surface area contributed by atoms with Gasteiger partial charge in [-0.3, -0.25) is 4.79 Å². The maximum Gasteiger partial charge on any atom is 0.311 e. The predicted molar refractivity (Wildman–Crippen MR) is 88.9 cm³/mol. The molecular weight excluding hydrogens is 344 g/mol. The summed E-state index contributed by atoms with van der Waals surface area (Å²) in [4.78, 5) is 12.4. The number of rotatable bonds is 1. The highest BCUT2D eigenvalue weighted by atomic mass is 79.9. The summed E-state index contributed by atoms with van der Waals surface area (Å²) in [5.41, 5.74) is 1.45. The maximum absolute atomic E-state index is 12.5. The third-order valence-corrected chi connectivity index (χ3v) is 6.96. The van der Waals surface area contributed by atoms with Crippen LogP contribution >= 0.6 is 15.9 Å². The molecule has 3 rings (SSSR count). The van der Waals surface area contributed by atoms with Gasteiger partial charge >= 0.3 is 5.97 Å². The second-order valence-corrected chi connectivity index (χ2v) is 8.19. The van der Waals surface area contributed by atoms with Crippen molar-refractivity contribution in [1.82, 2.24) is 0 Å². The predicted octanol–water partition coefficient (Wildman–Crippen LogP) is 3.73. The van der Waals surface area contributed by atoms with Crippen LogP contribution in [-0.2, 0) is 14.9 Å². The Morgan fingerprint density at radius 1 is 1.32 bits per heavy atom. The number of hydrogen-bond donors (Lipinski definition) is 1. The molecular formula is C18H23BrO3. The van der Waals surface area contributed by atoms with Gasteiger partial charge in [-0.25, -0.2) is 0 Å². The Balaban J connectivity index is 2.20. The number of fused-ring (bicyclic) bond motifs is 3. The minimum absolute atomic E-state index is 0.00565. The number of aliphatic hydroxyl groups excluding tert-OH is 1. The lowest BCUT2D eigenvalue weighted by molar-refractivity contribution is -0.162. The molecule has 1 saturated carbocycles. The Morgan fingerprint density at radius 2 is 2.00 bits per heavy atom. The van der Waals surface area contributed by atoms with E-state index in [-0.39, 0.29) is 22.1 Å². The van der Waals surface area contributed by atoms with Crippen molar-refractivity contribution in [3.05, 3.63) is 35.4 Å². The quantitative estimate of drug-likeness (QED) is 0.608. The summed E-state index contributed by atoms with van der Waals surface area (Å²) in [7, 11) is 1.45. The van der Waals surface area contributed by atoms with Crippen LogP contribution in [-0.4, -0.2) is 23.0 Å². The van der Waals surface area contributed by atoms with Crippen LogP contribution in [0.2, 0.25) is 0 Å². The lowest BCUT2D eigenvalue weighted by atomic mass is 9.49. The third-order valence-electron chi connectivity index (χ3n) is 5.93. The van der Waals surface area contributed by atoms with Crippen LogP contribution in [0.25, 0.3) is 0 Å². The Kier molecular flexibility index (Phi) is 3.89. The molecule has 3 nitrogen and oxygen atoms in total. The molecule has 5 atom stereocenters. The fourth-order valence-electron chi connectivity index (χ4n) is 4.93. The summed E-state index contributed by atoms with van der Waals surface area (Å²) in [6.07, 6.45) is 2.21. The highest BCUT2D eigenvalue weighted by Gasteiger charge is 2.60. The van der Waals surface area contributed by atoms with E-state index in [1.807, 2.05) is 25.1 Å². The van der Waals surface area contributed by atoms with E-state index in [9.17, 15) is 9.90 Å². The molecule has 1 N–H and O–H groups in total. The molecule has 4 heteroatoms. The number of aliphatic hydroxyl groups is 1. The minimum atomic E-state index is -0.601. The van der Waals surface area contributed by atoms with Gasteiger partial charge in [-0.1, -0.05) is 53.5 Å². The Morgan fingerprint density at radius 3 is 2.68 bits per heavy atom. The van der Waals surface area contributed by atoms with Gasteiger partial charge in [0.05, 0.1) is 18.6 Å². The number of carbonyl (C=O) groups excluding carboxylic acids is 1. The molecule has 0 aromatic heterocycles. The molecule has 0 amide bonds. The van der Waals surface area contributed by atoms with Crippen molar-refractivity contribution >= 4 is 21.9 Å². The third kappa shape index (κ3) is 2.00. The monoisotopic (exact) mass is 366 g/mol. The second-order valence-electron chi connectivity index (χ2n) is 7.13. The van der Waals surface area contributed by atoms with Gasteiger partial charge in [-0.05, 0) is 42.2 Å². The van der Waals surface area contributed by atoms with E-state index in [2.05, 4.69) is 28.9 Å². The Labute approximate surface area is 140 Å². The molecule has 2 aliphatic rings. The van der Waals surface area contributed by atoms with E-state index in [1.165, 1.54) is 12.7 Å². The van der Waals surface area contributed by atoms with Crippen LogP contribution in [0.5, 0.6) is 0 Å². The van der Waals surface area contributed by atoms with E-state index in [4.69, 9.17) is 4.74 Å². The van der Waals surface area contributed by atoms with E-state index < -0.39 is 11.5 Å². The molecule has 1 fully saturated rings. The van der Waals surface area contributed by atoms with Gasteiger partial charge in [-0.2, -0.15) is 0 Å². The van der Waals surface area contributed by atoms with E-state index in [0.717, 1.165) is 24.8 Å². The van der Waals surface area contributed by atoms with Crippen molar-refractivity contribution in [2.24, 2.45) is 11.3 Å². The van der Waals surface area contributed by atoms with Gasteiger partial charge in [0, 0.05) is 4.83 Å².